The monoisotopic (exact) mass is 275 g/mol. The molecule has 0 saturated heterocycles. The molecule has 4 heteroatoms. The second kappa shape index (κ2) is 6.75. The van der Waals surface area contributed by atoms with Crippen molar-refractivity contribution in [1.82, 2.24) is 15.1 Å². The Labute approximate surface area is 121 Å². The van der Waals surface area contributed by atoms with Crippen molar-refractivity contribution in [3.05, 3.63) is 41.1 Å². The smallest absolute Gasteiger partial charge is 0.125 e. The molecular weight excluding hydrogens is 250 g/mol. The lowest BCUT2D eigenvalue weighted by atomic mass is 10.2. The molecule has 0 spiro atoms. The molecule has 2 aromatic heterocycles. The van der Waals surface area contributed by atoms with E-state index in [1.165, 1.54) is 5.69 Å². The number of nitrogens with zero attached hydrogens (tertiary/aromatic N) is 2. The van der Waals surface area contributed by atoms with Crippen molar-refractivity contribution in [2.75, 3.05) is 0 Å². The minimum atomic E-state index is 0.466. The van der Waals surface area contributed by atoms with Gasteiger partial charge in [0.05, 0.1) is 18.8 Å². The Morgan fingerprint density at radius 3 is 2.60 bits per heavy atom. The molecule has 1 N–H and O–H groups in total. The Hall–Kier alpha value is -1.55. The highest BCUT2D eigenvalue weighted by atomic mass is 16.3. The first-order valence-electron chi connectivity index (χ1n) is 7.49. The lowest BCUT2D eigenvalue weighted by Gasteiger charge is -2.06. The summed E-state index contributed by atoms with van der Waals surface area (Å²) in [7, 11) is 0. The molecule has 2 aromatic rings. The Kier molecular flexibility index (Phi) is 5.01. The molecule has 4 nitrogen and oxygen atoms in total. The van der Waals surface area contributed by atoms with E-state index in [-0.39, 0.29) is 0 Å². The van der Waals surface area contributed by atoms with Crippen LogP contribution >= 0.6 is 0 Å². The molecule has 0 saturated carbocycles. The molecule has 0 amide bonds. The highest BCUT2D eigenvalue weighted by Crippen LogP contribution is 2.13. The number of hydrogen-bond donors (Lipinski definition) is 1. The Bertz CT molecular complexity index is 540. The second-order valence-corrected chi connectivity index (χ2v) is 5.40. The minimum Gasteiger partial charge on any atom is -0.463 e. The van der Waals surface area contributed by atoms with Crippen molar-refractivity contribution >= 4 is 0 Å². The zero-order chi connectivity index (χ0) is 14.5. The van der Waals surface area contributed by atoms with Crippen LogP contribution in [0.2, 0.25) is 0 Å². The summed E-state index contributed by atoms with van der Waals surface area (Å²) in [4.78, 5) is 0. The molecule has 2 rings (SSSR count). The molecule has 0 atom stereocenters. The Morgan fingerprint density at radius 2 is 1.95 bits per heavy atom. The van der Waals surface area contributed by atoms with Crippen LogP contribution in [0, 0.1) is 0 Å². The van der Waals surface area contributed by atoms with E-state index in [9.17, 15) is 0 Å². The number of nitrogens with one attached hydrogen (secondary N) is 1. The van der Waals surface area contributed by atoms with E-state index in [0.29, 0.717) is 12.6 Å². The van der Waals surface area contributed by atoms with Crippen LogP contribution in [-0.2, 0) is 25.9 Å². The van der Waals surface area contributed by atoms with E-state index in [4.69, 9.17) is 4.42 Å². The van der Waals surface area contributed by atoms with Crippen LogP contribution in [0.3, 0.4) is 0 Å². The van der Waals surface area contributed by atoms with Crippen molar-refractivity contribution in [2.45, 2.75) is 59.7 Å². The van der Waals surface area contributed by atoms with Crippen LogP contribution in [-0.4, -0.2) is 15.8 Å². The van der Waals surface area contributed by atoms with Crippen LogP contribution < -0.4 is 5.32 Å². The second-order valence-electron chi connectivity index (χ2n) is 5.40. The van der Waals surface area contributed by atoms with E-state index < -0.39 is 0 Å². The maximum Gasteiger partial charge on any atom is 0.125 e. The van der Waals surface area contributed by atoms with Gasteiger partial charge in [-0.05, 0) is 31.0 Å². The van der Waals surface area contributed by atoms with Gasteiger partial charge >= 0.3 is 0 Å². The topological polar surface area (TPSA) is 43.0 Å². The highest BCUT2D eigenvalue weighted by molar-refractivity contribution is 5.13. The molecule has 110 valence electrons. The normalized spacial score (nSPS) is 11.4. The molecule has 0 unspecified atom stereocenters. The third-order valence-corrected chi connectivity index (χ3v) is 3.35. The molecule has 0 aliphatic carbocycles. The molecule has 2 heterocycles. The largest absolute Gasteiger partial charge is 0.463 e. The van der Waals surface area contributed by atoms with E-state index in [2.05, 4.69) is 48.9 Å². The summed E-state index contributed by atoms with van der Waals surface area (Å²) in [5.41, 5.74) is 2.41. The lowest BCUT2D eigenvalue weighted by Crippen LogP contribution is -2.21. The molecule has 0 aliphatic heterocycles. The summed E-state index contributed by atoms with van der Waals surface area (Å²) < 4.78 is 7.91. The average molecular weight is 275 g/mol. The van der Waals surface area contributed by atoms with Gasteiger partial charge in [0.25, 0.3) is 0 Å². The van der Waals surface area contributed by atoms with Crippen molar-refractivity contribution in [1.29, 1.82) is 0 Å². The fourth-order valence-electron chi connectivity index (χ4n) is 2.16. The summed E-state index contributed by atoms with van der Waals surface area (Å²) in [6, 6.07) is 6.74. The molecule has 0 fully saturated rings. The van der Waals surface area contributed by atoms with Gasteiger partial charge in [0, 0.05) is 11.7 Å². The SMILES string of the molecule is CCc1cc(CC)n(Cc2ccc(CNC(C)C)o2)n1. The van der Waals surface area contributed by atoms with E-state index >= 15 is 0 Å². The Morgan fingerprint density at radius 1 is 1.20 bits per heavy atom. The summed E-state index contributed by atoms with van der Waals surface area (Å²) >= 11 is 0. The van der Waals surface area contributed by atoms with Gasteiger partial charge in [-0.2, -0.15) is 5.10 Å². The first-order chi connectivity index (χ1) is 9.62. The van der Waals surface area contributed by atoms with Crippen LogP contribution in [0.1, 0.15) is 50.6 Å². The van der Waals surface area contributed by atoms with Gasteiger partial charge in [0.2, 0.25) is 0 Å². The predicted molar refractivity (Wildman–Crippen MR) is 80.8 cm³/mol. The molecular formula is C16H25N3O. The van der Waals surface area contributed by atoms with Gasteiger partial charge < -0.3 is 9.73 Å². The summed E-state index contributed by atoms with van der Waals surface area (Å²) in [5, 5.41) is 7.98. The standard InChI is InChI=1S/C16H25N3O/c1-5-13-9-14(6-2)19(18-13)11-16-8-7-15(20-16)10-17-12(3)4/h7-9,12,17H,5-6,10-11H2,1-4H3. The van der Waals surface area contributed by atoms with Crippen molar-refractivity contribution in [2.24, 2.45) is 0 Å². The van der Waals surface area contributed by atoms with Crippen molar-refractivity contribution < 1.29 is 4.42 Å². The molecule has 0 aliphatic rings. The molecule has 0 aromatic carbocycles. The van der Waals surface area contributed by atoms with E-state index in [1.54, 1.807) is 0 Å². The van der Waals surface area contributed by atoms with Crippen molar-refractivity contribution in [3.8, 4) is 0 Å². The van der Waals surface area contributed by atoms with Crippen LogP contribution in [0.15, 0.2) is 22.6 Å². The van der Waals surface area contributed by atoms with Gasteiger partial charge in [-0.1, -0.05) is 27.7 Å². The molecule has 0 radical (unpaired) electrons. The van der Waals surface area contributed by atoms with Crippen molar-refractivity contribution in [3.63, 3.8) is 0 Å². The van der Waals surface area contributed by atoms with Gasteiger partial charge in [-0.3, -0.25) is 4.68 Å². The van der Waals surface area contributed by atoms with E-state index in [0.717, 1.165) is 36.6 Å². The van der Waals surface area contributed by atoms with Crippen LogP contribution in [0.4, 0.5) is 0 Å². The quantitative estimate of drug-likeness (QED) is 0.844. The van der Waals surface area contributed by atoms with Crippen LogP contribution in [0.5, 0.6) is 0 Å². The fraction of sp³-hybridized carbons (Fsp3) is 0.562. The highest BCUT2D eigenvalue weighted by Gasteiger charge is 2.09. The predicted octanol–water partition coefficient (Wildman–Crippen LogP) is 3.15. The number of aryl methyl sites for hydroxylation is 2. The third kappa shape index (κ3) is 3.73. The summed E-state index contributed by atoms with van der Waals surface area (Å²) in [6.45, 7) is 10.0. The average Bonchev–Trinajstić information content (AvgIpc) is 3.03. The number of hydrogen-bond acceptors (Lipinski definition) is 3. The number of rotatable bonds is 7. The minimum absolute atomic E-state index is 0.466. The van der Waals surface area contributed by atoms with E-state index in [1.807, 2.05) is 12.1 Å². The maximum absolute atomic E-state index is 5.86. The lowest BCUT2D eigenvalue weighted by molar-refractivity contribution is 0.418. The third-order valence-electron chi connectivity index (χ3n) is 3.35. The van der Waals surface area contributed by atoms with Gasteiger partial charge in [0.1, 0.15) is 11.5 Å². The fourth-order valence-corrected chi connectivity index (χ4v) is 2.16. The number of furan rings is 1. The summed E-state index contributed by atoms with van der Waals surface area (Å²) in [6.07, 6.45) is 1.97. The molecule has 0 bridgehead atoms. The first kappa shape index (κ1) is 14.9. The number of aromatic nitrogens is 2. The van der Waals surface area contributed by atoms with Gasteiger partial charge in [0.15, 0.2) is 0 Å². The van der Waals surface area contributed by atoms with Gasteiger partial charge in [-0.25, -0.2) is 0 Å². The van der Waals surface area contributed by atoms with Gasteiger partial charge in [-0.15, -0.1) is 0 Å². The maximum atomic E-state index is 5.86. The molecule has 20 heavy (non-hydrogen) atoms. The first-order valence-corrected chi connectivity index (χ1v) is 7.49. The van der Waals surface area contributed by atoms with Crippen LogP contribution in [0.25, 0.3) is 0 Å². The zero-order valence-corrected chi connectivity index (χ0v) is 12.9. The Balaban J connectivity index is 2.04. The zero-order valence-electron chi connectivity index (χ0n) is 12.9. The summed E-state index contributed by atoms with van der Waals surface area (Å²) in [5.74, 6) is 1.95.